The second-order valence-corrected chi connectivity index (χ2v) is 4.48. The van der Waals surface area contributed by atoms with E-state index in [4.69, 9.17) is 4.74 Å². The quantitative estimate of drug-likeness (QED) is 0.667. The van der Waals surface area contributed by atoms with Crippen LogP contribution in [0.2, 0.25) is 0 Å². The first-order chi connectivity index (χ1) is 8.42. The first kappa shape index (κ1) is 8.99. The van der Waals surface area contributed by atoms with Gasteiger partial charge in [0, 0.05) is 0 Å². The highest BCUT2D eigenvalue weighted by Crippen LogP contribution is 2.42. The van der Waals surface area contributed by atoms with Gasteiger partial charge in [-0.2, -0.15) is 0 Å². The summed E-state index contributed by atoms with van der Waals surface area (Å²) < 4.78 is 5.89. The van der Waals surface area contributed by atoms with Gasteiger partial charge in [-0.3, -0.25) is 0 Å². The fourth-order valence-electron chi connectivity index (χ4n) is 2.61. The second-order valence-electron chi connectivity index (χ2n) is 4.48. The topological polar surface area (TPSA) is 21.6 Å². The lowest BCUT2D eigenvalue weighted by atomic mass is 9.90. The Morgan fingerprint density at radius 3 is 2.82 bits per heavy atom. The first-order valence-corrected chi connectivity index (χ1v) is 5.85. The summed E-state index contributed by atoms with van der Waals surface area (Å²) in [5.41, 5.74) is 3.62. The SMILES string of the molecule is c1ccc2c(c1)CC1C(=Nc3ccccc31)O2. The van der Waals surface area contributed by atoms with Gasteiger partial charge in [0.1, 0.15) is 5.75 Å². The van der Waals surface area contributed by atoms with Gasteiger partial charge in [0.25, 0.3) is 0 Å². The molecule has 0 saturated heterocycles. The third kappa shape index (κ3) is 1.24. The van der Waals surface area contributed by atoms with Crippen LogP contribution in [-0.4, -0.2) is 5.90 Å². The number of para-hydroxylation sites is 2. The molecule has 82 valence electrons. The van der Waals surface area contributed by atoms with E-state index in [0.29, 0.717) is 5.92 Å². The molecule has 1 atom stereocenters. The number of hydrogen-bond acceptors (Lipinski definition) is 2. The van der Waals surface area contributed by atoms with E-state index in [-0.39, 0.29) is 0 Å². The van der Waals surface area contributed by atoms with Crippen molar-refractivity contribution < 1.29 is 4.74 Å². The number of fused-ring (bicyclic) bond motifs is 4. The van der Waals surface area contributed by atoms with Crippen LogP contribution in [0.15, 0.2) is 53.5 Å². The summed E-state index contributed by atoms with van der Waals surface area (Å²) in [6, 6.07) is 16.5. The lowest BCUT2D eigenvalue weighted by molar-refractivity contribution is 0.489. The van der Waals surface area contributed by atoms with Crippen molar-refractivity contribution in [2.24, 2.45) is 4.99 Å². The summed E-state index contributed by atoms with van der Waals surface area (Å²) in [4.78, 5) is 4.57. The van der Waals surface area contributed by atoms with Crippen LogP contribution in [0.5, 0.6) is 5.75 Å². The van der Waals surface area contributed by atoms with Crippen LogP contribution in [0.25, 0.3) is 0 Å². The molecule has 2 aromatic rings. The van der Waals surface area contributed by atoms with Gasteiger partial charge in [-0.25, -0.2) is 4.99 Å². The largest absolute Gasteiger partial charge is 0.442 e. The third-order valence-electron chi connectivity index (χ3n) is 3.45. The number of aliphatic imine (C=N–C) groups is 1. The molecule has 2 heterocycles. The average molecular weight is 221 g/mol. The highest BCUT2D eigenvalue weighted by atomic mass is 16.5. The van der Waals surface area contributed by atoms with Crippen molar-refractivity contribution in [3.63, 3.8) is 0 Å². The minimum Gasteiger partial charge on any atom is -0.442 e. The van der Waals surface area contributed by atoms with Crippen LogP contribution < -0.4 is 4.74 Å². The fraction of sp³-hybridized carbons (Fsp3) is 0.133. The highest BCUT2D eigenvalue weighted by molar-refractivity contribution is 5.95. The van der Waals surface area contributed by atoms with Crippen LogP contribution in [-0.2, 0) is 6.42 Å². The van der Waals surface area contributed by atoms with E-state index in [1.54, 1.807) is 0 Å². The molecule has 0 N–H and O–H groups in total. The smallest absolute Gasteiger partial charge is 0.203 e. The predicted octanol–water partition coefficient (Wildman–Crippen LogP) is 3.45. The molecule has 2 aromatic carbocycles. The van der Waals surface area contributed by atoms with E-state index in [9.17, 15) is 0 Å². The Morgan fingerprint density at radius 2 is 1.82 bits per heavy atom. The van der Waals surface area contributed by atoms with Gasteiger partial charge < -0.3 is 4.74 Å². The van der Waals surface area contributed by atoms with E-state index < -0.39 is 0 Å². The van der Waals surface area contributed by atoms with Crippen LogP contribution in [0.1, 0.15) is 17.0 Å². The summed E-state index contributed by atoms with van der Waals surface area (Å²) >= 11 is 0. The zero-order chi connectivity index (χ0) is 11.2. The van der Waals surface area contributed by atoms with Crippen molar-refractivity contribution in [1.82, 2.24) is 0 Å². The van der Waals surface area contributed by atoms with Crippen molar-refractivity contribution in [2.75, 3.05) is 0 Å². The predicted molar refractivity (Wildman–Crippen MR) is 67.1 cm³/mol. The van der Waals surface area contributed by atoms with Gasteiger partial charge in [-0.05, 0) is 29.7 Å². The zero-order valence-electron chi connectivity index (χ0n) is 9.26. The summed E-state index contributed by atoms with van der Waals surface area (Å²) in [5.74, 6) is 2.11. The van der Waals surface area contributed by atoms with Gasteiger partial charge in [0.05, 0.1) is 11.6 Å². The Balaban J connectivity index is 1.85. The molecule has 2 heteroatoms. The minimum absolute atomic E-state index is 0.307. The maximum absolute atomic E-state index is 5.89. The number of rotatable bonds is 0. The molecule has 2 aliphatic rings. The first-order valence-electron chi connectivity index (χ1n) is 5.85. The fourth-order valence-corrected chi connectivity index (χ4v) is 2.61. The van der Waals surface area contributed by atoms with E-state index in [0.717, 1.165) is 23.8 Å². The summed E-state index contributed by atoms with van der Waals surface area (Å²) in [6.45, 7) is 0. The normalized spacial score (nSPS) is 19.8. The van der Waals surface area contributed by atoms with E-state index >= 15 is 0 Å². The van der Waals surface area contributed by atoms with E-state index in [2.05, 4.69) is 35.3 Å². The highest BCUT2D eigenvalue weighted by Gasteiger charge is 2.33. The standard InChI is InChI=1S/C15H11NO/c1-4-8-14-10(5-1)9-12-11-6-2-3-7-13(11)16-15(12)17-14/h1-8,12H,9H2. The lowest BCUT2D eigenvalue weighted by Gasteiger charge is -2.23. The van der Waals surface area contributed by atoms with E-state index in [1.807, 2.05) is 18.2 Å². The maximum Gasteiger partial charge on any atom is 0.203 e. The molecule has 17 heavy (non-hydrogen) atoms. The van der Waals surface area contributed by atoms with Crippen LogP contribution in [0.3, 0.4) is 0 Å². The number of hydrogen-bond donors (Lipinski definition) is 0. The van der Waals surface area contributed by atoms with Crippen LogP contribution >= 0.6 is 0 Å². The summed E-state index contributed by atoms with van der Waals surface area (Å²) in [7, 11) is 0. The van der Waals surface area contributed by atoms with Crippen molar-refractivity contribution in [1.29, 1.82) is 0 Å². The van der Waals surface area contributed by atoms with Crippen molar-refractivity contribution in [3.05, 3.63) is 59.7 Å². The third-order valence-corrected chi connectivity index (χ3v) is 3.45. The molecule has 4 rings (SSSR count). The number of benzene rings is 2. The molecule has 0 radical (unpaired) electrons. The molecular formula is C15H11NO. The van der Waals surface area contributed by atoms with Crippen molar-refractivity contribution in [3.8, 4) is 5.75 Å². The molecule has 0 aliphatic carbocycles. The van der Waals surface area contributed by atoms with Crippen LogP contribution in [0, 0.1) is 0 Å². The molecule has 0 aromatic heterocycles. The molecular weight excluding hydrogens is 210 g/mol. The maximum atomic E-state index is 5.89. The van der Waals surface area contributed by atoms with Gasteiger partial charge in [-0.15, -0.1) is 0 Å². The Labute approximate surface area is 99.6 Å². The molecule has 2 aliphatic heterocycles. The monoisotopic (exact) mass is 221 g/mol. The molecule has 1 unspecified atom stereocenters. The molecule has 0 amide bonds. The second kappa shape index (κ2) is 3.20. The zero-order valence-corrected chi connectivity index (χ0v) is 9.26. The Hall–Kier alpha value is -2.09. The van der Waals surface area contributed by atoms with Crippen LogP contribution in [0.4, 0.5) is 5.69 Å². The van der Waals surface area contributed by atoms with Gasteiger partial charge in [0.2, 0.25) is 5.90 Å². The number of ether oxygens (including phenoxy) is 1. The van der Waals surface area contributed by atoms with Gasteiger partial charge >= 0.3 is 0 Å². The molecule has 0 bridgehead atoms. The van der Waals surface area contributed by atoms with Gasteiger partial charge in [-0.1, -0.05) is 36.4 Å². The molecule has 2 nitrogen and oxygen atoms in total. The molecule has 0 saturated carbocycles. The Kier molecular flexibility index (Phi) is 1.69. The van der Waals surface area contributed by atoms with E-state index in [1.165, 1.54) is 11.1 Å². The number of nitrogens with zero attached hydrogens (tertiary/aromatic N) is 1. The molecule has 0 fully saturated rings. The summed E-state index contributed by atoms with van der Waals surface area (Å²) in [6.07, 6.45) is 0.992. The Bertz CT molecular complexity index is 630. The lowest BCUT2D eigenvalue weighted by Crippen LogP contribution is -2.23. The van der Waals surface area contributed by atoms with Gasteiger partial charge in [0.15, 0.2) is 0 Å². The summed E-state index contributed by atoms with van der Waals surface area (Å²) in [5, 5.41) is 0. The van der Waals surface area contributed by atoms with Crippen molar-refractivity contribution in [2.45, 2.75) is 12.3 Å². The average Bonchev–Trinajstić information content (AvgIpc) is 2.73. The molecule has 0 spiro atoms. The minimum atomic E-state index is 0.307. The Morgan fingerprint density at radius 1 is 1.00 bits per heavy atom. The van der Waals surface area contributed by atoms with Crippen molar-refractivity contribution >= 4 is 11.6 Å².